The third-order valence-electron chi connectivity index (χ3n) is 3.87. The van der Waals surface area contributed by atoms with E-state index < -0.39 is 0 Å². The van der Waals surface area contributed by atoms with Crippen LogP contribution in [0.1, 0.15) is 30.3 Å². The highest BCUT2D eigenvalue weighted by molar-refractivity contribution is 7.13. The maximum Gasteiger partial charge on any atom is 0.248 e. The van der Waals surface area contributed by atoms with Gasteiger partial charge in [0.1, 0.15) is 23.8 Å². The van der Waals surface area contributed by atoms with Crippen molar-refractivity contribution in [2.24, 2.45) is 0 Å². The Morgan fingerprint density at radius 3 is 3.12 bits per heavy atom. The van der Waals surface area contributed by atoms with Gasteiger partial charge in [0, 0.05) is 37.9 Å². The number of aromatic nitrogens is 4. The number of hydrogen-bond donors (Lipinski definition) is 1. The summed E-state index contributed by atoms with van der Waals surface area (Å²) in [5.74, 6) is 1.61. The van der Waals surface area contributed by atoms with Gasteiger partial charge in [-0.2, -0.15) is 0 Å². The average Bonchev–Trinajstić information content (AvgIpc) is 3.07. The van der Waals surface area contributed by atoms with Gasteiger partial charge in [0.25, 0.3) is 0 Å². The second-order valence-electron chi connectivity index (χ2n) is 5.73. The van der Waals surface area contributed by atoms with Crippen LogP contribution in [0.2, 0.25) is 0 Å². The molecular weight excluding hydrogens is 328 g/mol. The van der Waals surface area contributed by atoms with E-state index >= 15 is 0 Å². The Labute approximate surface area is 144 Å². The lowest BCUT2D eigenvalue weighted by molar-refractivity contribution is -0.136. The molecule has 0 saturated carbocycles. The molecule has 8 nitrogen and oxygen atoms in total. The third-order valence-corrected chi connectivity index (χ3v) is 4.48. The van der Waals surface area contributed by atoms with Crippen molar-refractivity contribution in [2.45, 2.75) is 25.7 Å². The van der Waals surface area contributed by atoms with E-state index in [0.717, 1.165) is 30.9 Å². The summed E-state index contributed by atoms with van der Waals surface area (Å²) < 4.78 is 4.95. The molecule has 0 radical (unpaired) electrons. The van der Waals surface area contributed by atoms with E-state index in [9.17, 15) is 4.79 Å². The van der Waals surface area contributed by atoms with Crippen LogP contribution in [0.15, 0.2) is 11.6 Å². The van der Waals surface area contributed by atoms with Gasteiger partial charge < -0.3 is 15.0 Å². The fraction of sp³-hybridized carbons (Fsp3) is 0.533. The second kappa shape index (κ2) is 7.63. The first-order chi connectivity index (χ1) is 11.7. The van der Waals surface area contributed by atoms with E-state index in [1.54, 1.807) is 5.51 Å². The Morgan fingerprint density at radius 2 is 2.38 bits per heavy atom. The summed E-state index contributed by atoms with van der Waals surface area (Å²) in [6.45, 7) is 3.45. The zero-order valence-electron chi connectivity index (χ0n) is 13.7. The van der Waals surface area contributed by atoms with Crippen LogP contribution < -0.4 is 5.32 Å². The molecule has 1 amide bonds. The molecule has 1 N–H and O–H groups in total. The Kier molecular flexibility index (Phi) is 5.31. The second-order valence-corrected chi connectivity index (χ2v) is 6.57. The molecule has 3 rings (SSSR count). The minimum Gasteiger partial charge on any atom is -0.375 e. The number of carbonyl (C=O) groups excluding carboxylic acids is 1. The van der Waals surface area contributed by atoms with Gasteiger partial charge in [-0.1, -0.05) is 11.3 Å². The predicted molar refractivity (Wildman–Crippen MR) is 90.4 cm³/mol. The molecule has 1 aliphatic heterocycles. The highest BCUT2D eigenvalue weighted by atomic mass is 32.1. The van der Waals surface area contributed by atoms with E-state index in [2.05, 4.69) is 25.5 Å². The number of hydrogen-bond acceptors (Lipinski definition) is 8. The molecule has 9 heteroatoms. The molecule has 1 aliphatic rings. The summed E-state index contributed by atoms with van der Waals surface area (Å²) in [7, 11) is 1.54. The lowest BCUT2D eigenvalue weighted by Crippen LogP contribution is -2.41. The molecule has 1 atom stereocenters. The van der Waals surface area contributed by atoms with E-state index in [0.29, 0.717) is 17.5 Å². The molecule has 0 bridgehead atoms. The number of piperidine rings is 1. The molecule has 0 spiro atoms. The molecule has 1 fully saturated rings. The maximum atomic E-state index is 12.1. The summed E-state index contributed by atoms with van der Waals surface area (Å²) in [6.07, 6.45) is 1.91. The average molecular weight is 348 g/mol. The minimum atomic E-state index is 0.0158. The number of aryl methyl sites for hydroxylation is 1. The van der Waals surface area contributed by atoms with Crippen LogP contribution in [0.25, 0.3) is 0 Å². The number of rotatable bonds is 5. The molecule has 2 aromatic rings. The van der Waals surface area contributed by atoms with Crippen molar-refractivity contribution in [3.63, 3.8) is 0 Å². The Hall–Kier alpha value is -2.13. The summed E-state index contributed by atoms with van der Waals surface area (Å²) in [5.41, 5.74) is 2.55. The smallest absolute Gasteiger partial charge is 0.248 e. The predicted octanol–water partition coefficient (Wildman–Crippen LogP) is 1.73. The van der Waals surface area contributed by atoms with Crippen molar-refractivity contribution >= 4 is 28.2 Å². The van der Waals surface area contributed by atoms with Crippen molar-refractivity contribution in [3.8, 4) is 0 Å². The molecule has 3 heterocycles. The van der Waals surface area contributed by atoms with Crippen molar-refractivity contribution < 1.29 is 9.53 Å². The van der Waals surface area contributed by atoms with E-state index in [4.69, 9.17) is 4.74 Å². The van der Waals surface area contributed by atoms with Crippen LogP contribution in [0.3, 0.4) is 0 Å². The lowest BCUT2D eigenvalue weighted by Gasteiger charge is -2.32. The van der Waals surface area contributed by atoms with Gasteiger partial charge in [0.05, 0.1) is 0 Å². The van der Waals surface area contributed by atoms with Gasteiger partial charge in [0.2, 0.25) is 11.0 Å². The van der Waals surface area contributed by atoms with Gasteiger partial charge in [-0.05, 0) is 19.8 Å². The number of likely N-dealkylation sites (tertiary alicyclic amines) is 1. The zero-order valence-corrected chi connectivity index (χ0v) is 14.5. The Morgan fingerprint density at radius 1 is 1.50 bits per heavy atom. The van der Waals surface area contributed by atoms with E-state index in [1.165, 1.54) is 18.4 Å². The van der Waals surface area contributed by atoms with Gasteiger partial charge >= 0.3 is 0 Å². The monoisotopic (exact) mass is 348 g/mol. The summed E-state index contributed by atoms with van der Waals surface area (Å²) >= 11 is 1.41. The molecular formula is C15H20N6O2S. The molecule has 128 valence electrons. The van der Waals surface area contributed by atoms with E-state index in [1.807, 2.05) is 17.9 Å². The molecule has 0 aliphatic carbocycles. The van der Waals surface area contributed by atoms with Crippen LogP contribution in [0.4, 0.5) is 10.9 Å². The fourth-order valence-electron chi connectivity index (χ4n) is 2.80. The van der Waals surface area contributed by atoms with Crippen LogP contribution in [0.5, 0.6) is 0 Å². The van der Waals surface area contributed by atoms with Crippen molar-refractivity contribution in [2.75, 3.05) is 32.1 Å². The van der Waals surface area contributed by atoms with Gasteiger partial charge in [-0.15, -0.1) is 10.2 Å². The number of methoxy groups -OCH3 is 1. The van der Waals surface area contributed by atoms with Gasteiger partial charge in [0.15, 0.2) is 0 Å². The van der Waals surface area contributed by atoms with Crippen molar-refractivity contribution in [3.05, 3.63) is 23.1 Å². The van der Waals surface area contributed by atoms with Gasteiger partial charge in [-0.25, -0.2) is 9.97 Å². The quantitative estimate of drug-likeness (QED) is 0.879. The third kappa shape index (κ3) is 4.04. The first-order valence-corrected chi connectivity index (χ1v) is 8.69. The first-order valence-electron chi connectivity index (χ1n) is 7.81. The Bertz CT molecular complexity index is 693. The van der Waals surface area contributed by atoms with Crippen molar-refractivity contribution in [1.82, 2.24) is 25.1 Å². The number of ether oxygens (including phenoxy) is 1. The lowest BCUT2D eigenvalue weighted by atomic mass is 9.97. The Balaban J connectivity index is 1.75. The molecule has 24 heavy (non-hydrogen) atoms. The molecule has 2 aromatic heterocycles. The largest absolute Gasteiger partial charge is 0.375 e. The number of nitrogens with one attached hydrogen (secondary N) is 1. The number of nitrogens with zero attached hydrogens (tertiary/aromatic N) is 5. The highest BCUT2D eigenvalue weighted by Crippen LogP contribution is 2.26. The van der Waals surface area contributed by atoms with Crippen LogP contribution in [-0.4, -0.2) is 57.8 Å². The highest BCUT2D eigenvalue weighted by Gasteiger charge is 2.26. The summed E-state index contributed by atoms with van der Waals surface area (Å²) in [6, 6.07) is 1.88. The van der Waals surface area contributed by atoms with Crippen molar-refractivity contribution in [1.29, 1.82) is 0 Å². The molecule has 0 aromatic carbocycles. The number of anilines is 2. The normalized spacial score (nSPS) is 17.8. The van der Waals surface area contributed by atoms with Crippen LogP contribution in [0, 0.1) is 6.92 Å². The van der Waals surface area contributed by atoms with Gasteiger partial charge in [-0.3, -0.25) is 4.79 Å². The first kappa shape index (κ1) is 16.7. The van der Waals surface area contributed by atoms with E-state index in [-0.39, 0.29) is 18.4 Å². The maximum absolute atomic E-state index is 12.1. The molecule has 0 unspecified atom stereocenters. The standard InChI is InChI=1S/C15H20N6O2S/c1-10-6-12(19-15-20-16-9-24-15)18-14(17-10)11-4-3-5-21(7-11)13(22)8-23-2/h6,9,11H,3-5,7-8H2,1-2H3,(H,17,18,19,20)/t11-/m1/s1. The SMILES string of the molecule is COCC(=O)N1CCC[C@@H](c2nc(C)cc(Nc3nncs3)n2)C1. The molecule has 1 saturated heterocycles. The number of amides is 1. The fourth-order valence-corrected chi connectivity index (χ4v) is 3.26. The minimum absolute atomic E-state index is 0.0158. The number of carbonyl (C=O) groups is 1. The van der Waals surface area contributed by atoms with Crippen LogP contribution >= 0.6 is 11.3 Å². The zero-order chi connectivity index (χ0) is 16.9. The van der Waals surface area contributed by atoms with Crippen LogP contribution in [-0.2, 0) is 9.53 Å². The summed E-state index contributed by atoms with van der Waals surface area (Å²) in [4.78, 5) is 23.1. The topological polar surface area (TPSA) is 93.1 Å². The summed E-state index contributed by atoms with van der Waals surface area (Å²) in [5, 5.41) is 11.6.